The molecule has 1 saturated carbocycles. The highest BCUT2D eigenvalue weighted by Crippen LogP contribution is 2.34. The summed E-state index contributed by atoms with van der Waals surface area (Å²) in [6, 6.07) is 14.6. The second-order valence-electron chi connectivity index (χ2n) is 8.03. The molecule has 3 rings (SSSR count). The molecule has 0 aromatic heterocycles. The van der Waals surface area contributed by atoms with E-state index in [0.717, 1.165) is 12.8 Å². The van der Waals surface area contributed by atoms with Crippen molar-refractivity contribution in [1.29, 1.82) is 0 Å². The van der Waals surface area contributed by atoms with Crippen LogP contribution in [-0.4, -0.2) is 40.0 Å². The molecular weight excluding hydrogens is 416 g/mol. The van der Waals surface area contributed by atoms with E-state index in [1.54, 1.807) is 24.3 Å². The fourth-order valence-electron chi connectivity index (χ4n) is 4.05. The summed E-state index contributed by atoms with van der Waals surface area (Å²) >= 11 is 0. The van der Waals surface area contributed by atoms with E-state index in [4.69, 9.17) is 4.74 Å². The van der Waals surface area contributed by atoms with Crippen LogP contribution in [0.3, 0.4) is 0 Å². The van der Waals surface area contributed by atoms with Crippen LogP contribution in [0.25, 0.3) is 0 Å². The number of carbonyl (C=O) groups excluding carboxylic acids is 2. The van der Waals surface area contributed by atoms with Gasteiger partial charge in [0.2, 0.25) is 0 Å². The zero-order valence-corrected chi connectivity index (χ0v) is 18.8. The normalized spacial score (nSPS) is 21.2. The van der Waals surface area contributed by atoms with Gasteiger partial charge in [-0.15, -0.1) is 0 Å². The Morgan fingerprint density at radius 1 is 1.06 bits per heavy atom. The molecule has 0 aliphatic heterocycles. The highest BCUT2D eigenvalue weighted by Gasteiger charge is 2.42. The van der Waals surface area contributed by atoms with Gasteiger partial charge in [0.1, 0.15) is 0 Å². The number of esters is 1. The molecule has 1 fully saturated rings. The topological polar surface area (TPSA) is 92.8 Å². The molecule has 31 heavy (non-hydrogen) atoms. The van der Waals surface area contributed by atoms with Crippen LogP contribution in [0, 0.1) is 5.92 Å². The molecule has 2 aromatic rings. The van der Waals surface area contributed by atoms with E-state index in [9.17, 15) is 18.0 Å². The van der Waals surface area contributed by atoms with Gasteiger partial charge in [0.25, 0.3) is 15.9 Å². The maximum Gasteiger partial charge on any atom is 0.311 e. The van der Waals surface area contributed by atoms with E-state index < -0.39 is 21.5 Å². The zero-order valence-electron chi connectivity index (χ0n) is 18.0. The van der Waals surface area contributed by atoms with Crippen molar-refractivity contribution in [3.05, 3.63) is 60.2 Å². The van der Waals surface area contributed by atoms with E-state index in [-0.39, 0.29) is 16.8 Å². The minimum absolute atomic E-state index is 0.0896. The van der Waals surface area contributed by atoms with Gasteiger partial charge < -0.3 is 10.1 Å². The quantitative estimate of drug-likeness (QED) is 0.690. The third-order valence-electron chi connectivity index (χ3n) is 5.99. The van der Waals surface area contributed by atoms with Gasteiger partial charge in [-0.3, -0.25) is 13.9 Å². The molecule has 1 amide bonds. The second kappa shape index (κ2) is 9.09. The van der Waals surface area contributed by atoms with Gasteiger partial charge in [-0.25, -0.2) is 8.42 Å². The van der Waals surface area contributed by atoms with E-state index in [1.165, 1.54) is 42.7 Å². The number of hydrogen-bond acceptors (Lipinski definition) is 5. The molecule has 166 valence electrons. The van der Waals surface area contributed by atoms with Crippen LogP contribution in [-0.2, 0) is 19.6 Å². The van der Waals surface area contributed by atoms with Crippen LogP contribution < -0.4 is 9.62 Å². The van der Waals surface area contributed by atoms with Crippen molar-refractivity contribution in [2.75, 3.05) is 18.5 Å². The van der Waals surface area contributed by atoms with Crippen LogP contribution in [0.2, 0.25) is 0 Å². The third kappa shape index (κ3) is 4.74. The Labute approximate surface area is 183 Å². The highest BCUT2D eigenvalue weighted by molar-refractivity contribution is 7.92. The van der Waals surface area contributed by atoms with Crippen molar-refractivity contribution in [3.63, 3.8) is 0 Å². The predicted molar refractivity (Wildman–Crippen MR) is 118 cm³/mol. The lowest BCUT2D eigenvalue weighted by Gasteiger charge is -2.40. The molecule has 0 unspecified atom stereocenters. The maximum atomic E-state index is 12.9. The zero-order chi connectivity index (χ0) is 22.6. The number of hydrogen-bond donors (Lipinski definition) is 1. The van der Waals surface area contributed by atoms with E-state index in [2.05, 4.69) is 5.32 Å². The van der Waals surface area contributed by atoms with Crippen LogP contribution in [0.4, 0.5) is 5.69 Å². The molecule has 1 N–H and O–H groups in total. The van der Waals surface area contributed by atoms with Gasteiger partial charge in [-0.05, 0) is 56.2 Å². The SMILES string of the molecule is COC(=O)[C@H]1CCCC[C@]1(C)NC(=O)c1ccc(S(=O)(=O)N(C)c2ccccc2)cc1. The minimum Gasteiger partial charge on any atom is -0.469 e. The first kappa shape index (κ1) is 22.8. The molecule has 0 saturated heterocycles. The van der Waals surface area contributed by atoms with Gasteiger partial charge >= 0.3 is 5.97 Å². The third-order valence-corrected chi connectivity index (χ3v) is 7.79. The average Bonchev–Trinajstić information content (AvgIpc) is 2.78. The molecule has 1 aliphatic rings. The Morgan fingerprint density at radius 3 is 2.32 bits per heavy atom. The van der Waals surface area contributed by atoms with Crippen LogP contribution in [0.15, 0.2) is 59.5 Å². The summed E-state index contributed by atoms with van der Waals surface area (Å²) in [6.07, 6.45) is 3.15. The fraction of sp³-hybridized carbons (Fsp3) is 0.391. The first-order chi connectivity index (χ1) is 14.7. The monoisotopic (exact) mass is 444 g/mol. The Hall–Kier alpha value is -2.87. The maximum absolute atomic E-state index is 12.9. The van der Waals surface area contributed by atoms with Gasteiger partial charge in [-0.2, -0.15) is 0 Å². The molecule has 0 spiro atoms. The molecule has 2 aromatic carbocycles. The predicted octanol–water partition coefficient (Wildman–Crippen LogP) is 3.36. The minimum atomic E-state index is -3.76. The Morgan fingerprint density at radius 2 is 1.71 bits per heavy atom. The van der Waals surface area contributed by atoms with Gasteiger partial charge in [0.15, 0.2) is 0 Å². The smallest absolute Gasteiger partial charge is 0.311 e. The van der Waals surface area contributed by atoms with Crippen molar-refractivity contribution >= 4 is 27.6 Å². The molecule has 0 radical (unpaired) electrons. The number of nitrogens with one attached hydrogen (secondary N) is 1. The lowest BCUT2D eigenvalue weighted by Crippen LogP contribution is -2.55. The summed E-state index contributed by atoms with van der Waals surface area (Å²) in [5.74, 6) is -1.08. The second-order valence-corrected chi connectivity index (χ2v) is 9.99. The molecular formula is C23H28N2O5S. The average molecular weight is 445 g/mol. The Kier molecular flexibility index (Phi) is 6.69. The largest absolute Gasteiger partial charge is 0.469 e. The number of para-hydroxylation sites is 1. The summed E-state index contributed by atoms with van der Waals surface area (Å²) < 4.78 is 31.9. The molecule has 1 aliphatic carbocycles. The summed E-state index contributed by atoms with van der Waals surface area (Å²) in [4.78, 5) is 25.1. The number of methoxy groups -OCH3 is 1. The fourth-order valence-corrected chi connectivity index (χ4v) is 5.24. The standard InChI is InChI=1S/C23H28N2O5S/c1-23(16-8-7-11-20(23)22(27)30-3)24-21(26)17-12-14-19(15-13-17)31(28,29)25(2)18-9-5-4-6-10-18/h4-6,9-10,12-15,20H,7-8,11,16H2,1-3H3,(H,24,26)/t20-,23+/m1/s1. The lowest BCUT2D eigenvalue weighted by molar-refractivity contribution is -0.149. The summed E-state index contributed by atoms with van der Waals surface area (Å²) in [5.41, 5.74) is 0.167. The van der Waals surface area contributed by atoms with Crippen molar-refractivity contribution < 1.29 is 22.7 Å². The molecule has 2 atom stereocenters. The molecule has 8 heteroatoms. The molecule has 0 bridgehead atoms. The summed E-state index contributed by atoms with van der Waals surface area (Å²) in [7, 11) is -0.916. The first-order valence-corrected chi connectivity index (χ1v) is 11.7. The summed E-state index contributed by atoms with van der Waals surface area (Å²) in [6.45, 7) is 1.86. The van der Waals surface area contributed by atoms with E-state index >= 15 is 0 Å². The van der Waals surface area contributed by atoms with Gasteiger partial charge in [0.05, 0.1) is 29.1 Å². The molecule has 0 heterocycles. The Balaban J connectivity index is 1.78. The van der Waals surface area contributed by atoms with Crippen molar-refractivity contribution in [2.24, 2.45) is 5.92 Å². The number of ether oxygens (including phenoxy) is 1. The number of nitrogens with zero attached hydrogens (tertiary/aromatic N) is 1. The van der Waals surface area contributed by atoms with E-state index in [0.29, 0.717) is 24.1 Å². The highest BCUT2D eigenvalue weighted by atomic mass is 32.2. The van der Waals surface area contributed by atoms with Gasteiger partial charge in [0, 0.05) is 12.6 Å². The van der Waals surface area contributed by atoms with Crippen LogP contribution >= 0.6 is 0 Å². The number of rotatable bonds is 6. The van der Waals surface area contributed by atoms with Gasteiger partial charge in [-0.1, -0.05) is 31.0 Å². The van der Waals surface area contributed by atoms with E-state index in [1.807, 2.05) is 13.0 Å². The number of benzene rings is 2. The van der Waals surface area contributed by atoms with Crippen LogP contribution in [0.5, 0.6) is 0 Å². The van der Waals surface area contributed by atoms with Crippen molar-refractivity contribution in [2.45, 2.75) is 43.0 Å². The summed E-state index contributed by atoms with van der Waals surface area (Å²) in [5, 5.41) is 2.98. The first-order valence-electron chi connectivity index (χ1n) is 10.2. The number of anilines is 1. The van der Waals surface area contributed by atoms with Crippen molar-refractivity contribution in [1.82, 2.24) is 5.32 Å². The number of amides is 1. The number of sulfonamides is 1. The van der Waals surface area contributed by atoms with Crippen LogP contribution in [0.1, 0.15) is 43.0 Å². The van der Waals surface area contributed by atoms with Crippen molar-refractivity contribution in [3.8, 4) is 0 Å². The Bertz CT molecular complexity index is 1040. The molecule has 7 nitrogen and oxygen atoms in total. The number of carbonyl (C=O) groups is 2. The lowest BCUT2D eigenvalue weighted by atomic mass is 9.73.